The fourth-order valence-corrected chi connectivity index (χ4v) is 3.74. The molecule has 5 heteroatoms. The second-order valence-corrected chi connectivity index (χ2v) is 7.51. The van der Waals surface area contributed by atoms with Crippen molar-refractivity contribution in [1.82, 2.24) is 10.2 Å². The van der Waals surface area contributed by atoms with Gasteiger partial charge in [0, 0.05) is 44.0 Å². The van der Waals surface area contributed by atoms with Crippen molar-refractivity contribution in [2.75, 3.05) is 51.3 Å². The average Bonchev–Trinajstić information content (AvgIpc) is 2.71. The molecule has 1 aliphatic rings. The molecule has 1 heterocycles. The van der Waals surface area contributed by atoms with Crippen LogP contribution in [0.4, 0.5) is 5.69 Å². The van der Waals surface area contributed by atoms with Crippen LogP contribution in [0, 0.1) is 13.8 Å². The molecule has 1 amide bonds. The number of aryl methyl sites for hydroxylation is 2. The van der Waals surface area contributed by atoms with Crippen molar-refractivity contribution in [2.24, 2.45) is 0 Å². The Labute approximate surface area is 168 Å². The van der Waals surface area contributed by atoms with Crippen LogP contribution in [-0.4, -0.2) is 57.2 Å². The normalized spacial score (nSPS) is 14.8. The smallest absolute Gasteiger partial charge is 0.251 e. The summed E-state index contributed by atoms with van der Waals surface area (Å²) >= 11 is 0. The third-order valence-electron chi connectivity index (χ3n) is 5.23. The SMILES string of the molecule is COc1ccc(N2CCN(CCCNC(=O)c3cc(C)cc(C)c3)CC2)cc1. The number of rotatable bonds is 7. The number of amides is 1. The van der Waals surface area contributed by atoms with Crippen LogP contribution in [0.2, 0.25) is 0 Å². The van der Waals surface area contributed by atoms with E-state index in [2.05, 4.69) is 33.3 Å². The number of carbonyl (C=O) groups excluding carboxylic acids is 1. The summed E-state index contributed by atoms with van der Waals surface area (Å²) in [5.41, 5.74) is 4.26. The topological polar surface area (TPSA) is 44.8 Å². The zero-order valence-electron chi connectivity index (χ0n) is 17.2. The van der Waals surface area contributed by atoms with Crippen molar-refractivity contribution < 1.29 is 9.53 Å². The molecule has 3 rings (SSSR count). The van der Waals surface area contributed by atoms with Crippen LogP contribution < -0.4 is 15.0 Å². The van der Waals surface area contributed by atoms with E-state index in [9.17, 15) is 4.79 Å². The minimum Gasteiger partial charge on any atom is -0.497 e. The van der Waals surface area contributed by atoms with Gasteiger partial charge in [0.05, 0.1) is 7.11 Å². The van der Waals surface area contributed by atoms with Crippen LogP contribution in [0.25, 0.3) is 0 Å². The molecule has 0 aliphatic carbocycles. The number of nitrogens with zero attached hydrogens (tertiary/aromatic N) is 2. The molecule has 1 aliphatic heterocycles. The van der Waals surface area contributed by atoms with E-state index in [1.165, 1.54) is 5.69 Å². The second-order valence-electron chi connectivity index (χ2n) is 7.51. The highest BCUT2D eigenvalue weighted by Crippen LogP contribution is 2.20. The van der Waals surface area contributed by atoms with Crippen LogP contribution in [0.1, 0.15) is 27.9 Å². The van der Waals surface area contributed by atoms with Crippen molar-refractivity contribution in [3.63, 3.8) is 0 Å². The molecule has 1 saturated heterocycles. The van der Waals surface area contributed by atoms with E-state index in [1.54, 1.807) is 7.11 Å². The molecule has 150 valence electrons. The molecule has 0 bridgehead atoms. The summed E-state index contributed by atoms with van der Waals surface area (Å²) < 4.78 is 5.23. The van der Waals surface area contributed by atoms with Crippen molar-refractivity contribution in [3.8, 4) is 5.75 Å². The summed E-state index contributed by atoms with van der Waals surface area (Å²) in [5.74, 6) is 0.918. The fourth-order valence-electron chi connectivity index (χ4n) is 3.74. The molecule has 28 heavy (non-hydrogen) atoms. The van der Waals surface area contributed by atoms with Crippen molar-refractivity contribution in [1.29, 1.82) is 0 Å². The Morgan fingerprint density at radius 3 is 2.25 bits per heavy atom. The number of anilines is 1. The van der Waals surface area contributed by atoms with E-state index in [0.717, 1.165) is 61.6 Å². The molecule has 2 aromatic carbocycles. The maximum atomic E-state index is 12.3. The average molecular weight is 382 g/mol. The van der Waals surface area contributed by atoms with Gasteiger partial charge in [-0.05, 0) is 63.2 Å². The molecule has 0 spiro atoms. The lowest BCUT2D eigenvalue weighted by Gasteiger charge is -2.36. The zero-order chi connectivity index (χ0) is 19.9. The van der Waals surface area contributed by atoms with E-state index >= 15 is 0 Å². The summed E-state index contributed by atoms with van der Waals surface area (Å²) in [5, 5.41) is 3.05. The van der Waals surface area contributed by atoms with Gasteiger partial charge < -0.3 is 15.0 Å². The molecule has 0 saturated carbocycles. The Morgan fingerprint density at radius 2 is 1.64 bits per heavy atom. The van der Waals surface area contributed by atoms with Gasteiger partial charge in [0.25, 0.3) is 5.91 Å². The lowest BCUT2D eigenvalue weighted by molar-refractivity contribution is 0.0951. The Hall–Kier alpha value is -2.53. The van der Waals surface area contributed by atoms with E-state index in [0.29, 0.717) is 6.54 Å². The summed E-state index contributed by atoms with van der Waals surface area (Å²) in [6.07, 6.45) is 0.971. The van der Waals surface area contributed by atoms with Crippen molar-refractivity contribution in [3.05, 3.63) is 59.2 Å². The molecule has 5 nitrogen and oxygen atoms in total. The summed E-state index contributed by atoms with van der Waals surface area (Å²) in [6.45, 7) is 9.94. The first-order valence-electron chi connectivity index (χ1n) is 10.0. The number of ether oxygens (including phenoxy) is 1. The molecule has 0 atom stereocenters. The maximum absolute atomic E-state index is 12.3. The molecular formula is C23H31N3O2. The standard InChI is InChI=1S/C23H31N3O2/c1-18-15-19(2)17-20(16-18)23(27)24-9-4-10-25-11-13-26(14-12-25)21-5-7-22(28-3)8-6-21/h5-8,15-17H,4,9-14H2,1-3H3,(H,24,27). The minimum absolute atomic E-state index is 0.0242. The number of piperazine rings is 1. The Bertz CT molecular complexity index is 761. The molecule has 1 N–H and O–H groups in total. The highest BCUT2D eigenvalue weighted by Gasteiger charge is 2.17. The summed E-state index contributed by atoms with van der Waals surface area (Å²) in [6, 6.07) is 14.2. The van der Waals surface area contributed by atoms with Crippen LogP contribution >= 0.6 is 0 Å². The predicted molar refractivity (Wildman–Crippen MR) is 115 cm³/mol. The van der Waals surface area contributed by atoms with Gasteiger partial charge in [-0.3, -0.25) is 9.69 Å². The first-order valence-corrected chi connectivity index (χ1v) is 10.0. The zero-order valence-corrected chi connectivity index (χ0v) is 17.2. The number of hydrogen-bond acceptors (Lipinski definition) is 4. The van der Waals surface area contributed by atoms with Gasteiger partial charge in [-0.1, -0.05) is 17.2 Å². The van der Waals surface area contributed by atoms with E-state index in [1.807, 2.05) is 38.1 Å². The monoisotopic (exact) mass is 381 g/mol. The van der Waals surface area contributed by atoms with Gasteiger partial charge in [-0.15, -0.1) is 0 Å². The highest BCUT2D eigenvalue weighted by molar-refractivity contribution is 5.94. The van der Waals surface area contributed by atoms with Gasteiger partial charge in [0.15, 0.2) is 0 Å². The second kappa shape index (κ2) is 9.60. The fraction of sp³-hybridized carbons (Fsp3) is 0.435. The molecule has 1 fully saturated rings. The molecule has 2 aromatic rings. The number of carbonyl (C=O) groups is 1. The van der Waals surface area contributed by atoms with Crippen molar-refractivity contribution >= 4 is 11.6 Å². The molecule has 0 aromatic heterocycles. The van der Waals surface area contributed by atoms with Gasteiger partial charge in [0.2, 0.25) is 0 Å². The van der Waals surface area contributed by atoms with Gasteiger partial charge in [0.1, 0.15) is 5.75 Å². The molecular weight excluding hydrogens is 350 g/mol. The Balaban J connectivity index is 1.36. The lowest BCUT2D eigenvalue weighted by Crippen LogP contribution is -2.47. The van der Waals surface area contributed by atoms with Gasteiger partial charge >= 0.3 is 0 Å². The quantitative estimate of drug-likeness (QED) is 0.748. The largest absolute Gasteiger partial charge is 0.497 e. The van der Waals surface area contributed by atoms with Crippen LogP contribution in [0.3, 0.4) is 0 Å². The first kappa shape index (κ1) is 20.2. The van der Waals surface area contributed by atoms with Crippen molar-refractivity contribution in [2.45, 2.75) is 20.3 Å². The van der Waals surface area contributed by atoms with Crippen LogP contribution in [0.5, 0.6) is 5.75 Å². The van der Waals surface area contributed by atoms with E-state index in [-0.39, 0.29) is 5.91 Å². The third-order valence-corrected chi connectivity index (χ3v) is 5.23. The van der Waals surface area contributed by atoms with Crippen LogP contribution in [0.15, 0.2) is 42.5 Å². The highest BCUT2D eigenvalue weighted by atomic mass is 16.5. The maximum Gasteiger partial charge on any atom is 0.251 e. The number of nitrogens with one attached hydrogen (secondary N) is 1. The predicted octanol–water partition coefficient (Wildman–Crippen LogP) is 3.25. The lowest BCUT2D eigenvalue weighted by atomic mass is 10.1. The molecule has 0 unspecified atom stereocenters. The van der Waals surface area contributed by atoms with Crippen LogP contribution in [-0.2, 0) is 0 Å². The van der Waals surface area contributed by atoms with Gasteiger partial charge in [-0.2, -0.15) is 0 Å². The number of benzene rings is 2. The third kappa shape index (κ3) is 5.49. The summed E-state index contributed by atoms with van der Waals surface area (Å²) in [7, 11) is 1.69. The Morgan fingerprint density at radius 1 is 1.00 bits per heavy atom. The molecule has 0 radical (unpaired) electrons. The Kier molecular flexibility index (Phi) is 6.93. The van der Waals surface area contributed by atoms with Gasteiger partial charge in [-0.25, -0.2) is 0 Å². The summed E-state index contributed by atoms with van der Waals surface area (Å²) in [4.78, 5) is 17.2. The minimum atomic E-state index is 0.0242. The number of methoxy groups -OCH3 is 1. The number of hydrogen-bond donors (Lipinski definition) is 1. The first-order chi connectivity index (χ1) is 13.5. The van der Waals surface area contributed by atoms with E-state index < -0.39 is 0 Å². The van der Waals surface area contributed by atoms with E-state index in [4.69, 9.17) is 4.74 Å².